The number of rotatable bonds is 8. The van der Waals surface area contributed by atoms with Gasteiger partial charge in [-0.05, 0) is 106 Å². The Morgan fingerprint density at radius 2 is 1.77 bits per heavy atom. The number of carbonyl (C=O) groups is 1. The van der Waals surface area contributed by atoms with E-state index >= 15 is 0 Å². The first kappa shape index (κ1) is 30.0. The van der Waals surface area contributed by atoms with Gasteiger partial charge in [-0.2, -0.15) is 4.98 Å². The van der Waals surface area contributed by atoms with Crippen molar-refractivity contribution in [2.45, 2.75) is 42.0 Å². The highest BCUT2D eigenvalue weighted by Crippen LogP contribution is 2.39. The van der Waals surface area contributed by atoms with Crippen LogP contribution < -0.4 is 10.2 Å². The highest BCUT2D eigenvalue weighted by molar-refractivity contribution is 7.98. The van der Waals surface area contributed by atoms with Crippen molar-refractivity contribution >= 4 is 40.6 Å². The van der Waals surface area contributed by atoms with Crippen LogP contribution in [0.25, 0.3) is 10.5 Å². The van der Waals surface area contributed by atoms with Crippen LogP contribution in [0.15, 0.2) is 71.8 Å². The van der Waals surface area contributed by atoms with E-state index < -0.39 is 0 Å². The van der Waals surface area contributed by atoms with Crippen LogP contribution in [0.1, 0.15) is 41.6 Å². The predicted octanol–water partition coefficient (Wildman–Crippen LogP) is 5.82. The maximum Gasteiger partial charge on any atom is 0.253 e. The Balaban J connectivity index is 1.13. The molecule has 0 spiro atoms. The number of pyridine rings is 1. The van der Waals surface area contributed by atoms with Gasteiger partial charge in [-0.25, -0.2) is 11.1 Å². The molecule has 1 amide bonds. The van der Waals surface area contributed by atoms with Crippen LogP contribution in [0.3, 0.4) is 0 Å². The number of anilines is 3. The van der Waals surface area contributed by atoms with Gasteiger partial charge in [-0.15, -0.1) is 16.9 Å². The number of nitrogens with zero attached hydrogens (tertiary/aromatic N) is 7. The maximum atomic E-state index is 13.1. The highest BCUT2D eigenvalue weighted by Gasteiger charge is 2.40. The standard InChI is InChI=1S/C34H40N8OS/c1-35-24-34(26-9-13-29(44-4)14-10-26)17-22-41(23-18-34)30-6-5-19-42-31(30)37-33(38-42)36-27-11-7-25(8-12-27)32(43)40(3)28-15-20-39(2)21-16-28/h5-14,19,28H,15-18,20-24H2,2-4H3,(H,36,38). The summed E-state index contributed by atoms with van der Waals surface area (Å²) in [5.41, 5.74) is 4.48. The summed E-state index contributed by atoms with van der Waals surface area (Å²) in [6.07, 6.45) is 7.83. The van der Waals surface area contributed by atoms with E-state index in [0.29, 0.717) is 18.1 Å². The van der Waals surface area contributed by atoms with Crippen LogP contribution in [0.2, 0.25) is 0 Å². The van der Waals surface area contributed by atoms with E-state index in [0.717, 1.165) is 68.9 Å². The average molecular weight is 609 g/mol. The van der Waals surface area contributed by atoms with Crippen LogP contribution in [-0.4, -0.2) is 89.4 Å². The van der Waals surface area contributed by atoms with Gasteiger partial charge in [0.25, 0.3) is 5.91 Å². The zero-order chi connectivity index (χ0) is 30.7. The fourth-order valence-electron chi connectivity index (χ4n) is 6.58. The van der Waals surface area contributed by atoms with Gasteiger partial charge in [-0.3, -0.25) is 4.79 Å². The fraction of sp³-hybridized carbons (Fsp3) is 0.412. The van der Waals surface area contributed by atoms with E-state index in [1.165, 1.54) is 10.5 Å². The Kier molecular flexibility index (Phi) is 8.78. The van der Waals surface area contributed by atoms with E-state index in [9.17, 15) is 4.79 Å². The molecule has 0 radical (unpaired) electrons. The lowest BCUT2D eigenvalue weighted by Crippen LogP contribution is -2.44. The molecule has 44 heavy (non-hydrogen) atoms. The molecule has 4 aromatic rings. The Bertz CT molecular complexity index is 1630. The van der Waals surface area contributed by atoms with E-state index in [2.05, 4.69) is 68.7 Å². The summed E-state index contributed by atoms with van der Waals surface area (Å²) >= 11 is 1.74. The van der Waals surface area contributed by atoms with Gasteiger partial charge in [0.1, 0.15) is 0 Å². The Labute approximate surface area is 264 Å². The van der Waals surface area contributed by atoms with E-state index in [1.807, 2.05) is 53.0 Å². The van der Waals surface area contributed by atoms with Crippen LogP contribution in [0.5, 0.6) is 0 Å². The first-order chi connectivity index (χ1) is 21.4. The number of nitrogens with one attached hydrogen (secondary N) is 1. The number of piperidine rings is 2. The minimum absolute atomic E-state index is 0.0560. The number of thioether (sulfide) groups is 1. The number of hydrogen-bond donors (Lipinski definition) is 1. The molecule has 2 fully saturated rings. The summed E-state index contributed by atoms with van der Waals surface area (Å²) in [6, 6.07) is 20.7. The van der Waals surface area contributed by atoms with Gasteiger partial charge >= 0.3 is 0 Å². The number of amides is 1. The average Bonchev–Trinajstić information content (AvgIpc) is 3.48. The van der Waals surface area contributed by atoms with E-state index in [4.69, 9.17) is 11.6 Å². The van der Waals surface area contributed by atoms with Crippen molar-refractivity contribution < 1.29 is 4.79 Å². The SMILES string of the molecule is [C-]#[N+]CC1(c2ccc(SC)cc2)CCN(c2cccn3nc(Nc4ccc(C(=O)N(C)C5CCN(C)CC5)cc4)nc23)CC1. The third-order valence-electron chi connectivity index (χ3n) is 9.43. The third kappa shape index (κ3) is 6.12. The zero-order valence-corrected chi connectivity index (χ0v) is 26.6. The third-order valence-corrected chi connectivity index (χ3v) is 10.2. The summed E-state index contributed by atoms with van der Waals surface area (Å²) < 4.78 is 1.81. The molecule has 6 rings (SSSR count). The Hall–Kier alpha value is -4.07. The van der Waals surface area contributed by atoms with Crippen molar-refractivity contribution in [3.63, 3.8) is 0 Å². The largest absolute Gasteiger partial charge is 0.368 e. The fourth-order valence-corrected chi connectivity index (χ4v) is 6.99. The van der Waals surface area contributed by atoms with Gasteiger partial charge in [0.2, 0.25) is 12.5 Å². The molecule has 1 N–H and O–H groups in total. The van der Waals surface area contributed by atoms with Crippen molar-refractivity contribution in [2.24, 2.45) is 0 Å². The van der Waals surface area contributed by atoms with Gasteiger partial charge in [0, 0.05) is 48.5 Å². The second-order valence-corrected chi connectivity index (χ2v) is 12.9. The van der Waals surface area contributed by atoms with E-state index in [-0.39, 0.29) is 17.4 Å². The number of hydrogen-bond acceptors (Lipinski definition) is 7. The molecule has 0 aliphatic carbocycles. The summed E-state index contributed by atoms with van der Waals surface area (Å²) in [7, 11) is 4.05. The summed E-state index contributed by atoms with van der Waals surface area (Å²) in [5, 5.41) is 8.01. The Morgan fingerprint density at radius 1 is 1.07 bits per heavy atom. The highest BCUT2D eigenvalue weighted by atomic mass is 32.2. The molecule has 2 aromatic carbocycles. The molecule has 10 heteroatoms. The molecule has 0 saturated carbocycles. The maximum absolute atomic E-state index is 13.1. The smallest absolute Gasteiger partial charge is 0.253 e. The molecule has 228 valence electrons. The molecule has 0 bridgehead atoms. The van der Waals surface area contributed by atoms with Crippen LogP contribution >= 0.6 is 11.8 Å². The molecule has 9 nitrogen and oxygen atoms in total. The van der Waals surface area contributed by atoms with E-state index in [1.54, 1.807) is 11.8 Å². The van der Waals surface area contributed by atoms with Crippen LogP contribution in [-0.2, 0) is 5.41 Å². The first-order valence-electron chi connectivity index (χ1n) is 15.3. The van der Waals surface area contributed by atoms with Crippen molar-refractivity contribution in [1.29, 1.82) is 0 Å². The summed E-state index contributed by atoms with van der Waals surface area (Å²) in [4.78, 5) is 29.7. The number of carbonyl (C=O) groups excluding carboxylic acids is 1. The van der Waals surface area contributed by atoms with Crippen molar-refractivity contribution in [2.75, 3.05) is 63.3 Å². The topological polar surface area (TPSA) is 73.4 Å². The molecule has 2 aliphatic rings. The number of fused-ring (bicyclic) bond motifs is 1. The Morgan fingerprint density at radius 3 is 2.43 bits per heavy atom. The van der Waals surface area contributed by atoms with Crippen molar-refractivity contribution in [3.8, 4) is 0 Å². The molecular weight excluding hydrogens is 568 g/mol. The number of likely N-dealkylation sites (tertiary alicyclic amines) is 1. The zero-order valence-electron chi connectivity index (χ0n) is 25.7. The van der Waals surface area contributed by atoms with Gasteiger partial charge in [0.05, 0.1) is 11.1 Å². The molecule has 4 heterocycles. The lowest BCUT2D eigenvalue weighted by atomic mass is 9.72. The monoisotopic (exact) mass is 608 g/mol. The molecular formula is C34H40N8OS. The minimum atomic E-state index is -0.129. The lowest BCUT2D eigenvalue weighted by Gasteiger charge is -2.40. The first-order valence-corrected chi connectivity index (χ1v) is 16.5. The number of aromatic nitrogens is 3. The predicted molar refractivity (Wildman–Crippen MR) is 178 cm³/mol. The van der Waals surface area contributed by atoms with Gasteiger partial charge < -0.3 is 24.9 Å². The lowest BCUT2D eigenvalue weighted by molar-refractivity contribution is 0.0659. The molecule has 0 unspecified atom stereocenters. The van der Waals surface area contributed by atoms with Crippen molar-refractivity contribution in [3.05, 3.63) is 89.4 Å². The van der Waals surface area contributed by atoms with Gasteiger partial charge in [-0.1, -0.05) is 12.1 Å². The molecule has 0 atom stereocenters. The molecule has 2 saturated heterocycles. The van der Waals surface area contributed by atoms with Crippen LogP contribution in [0, 0.1) is 6.57 Å². The minimum Gasteiger partial charge on any atom is -0.368 e. The summed E-state index contributed by atoms with van der Waals surface area (Å²) in [6.45, 7) is 11.9. The number of benzene rings is 2. The molecule has 2 aromatic heterocycles. The quantitative estimate of drug-likeness (QED) is 0.200. The van der Waals surface area contributed by atoms with Gasteiger partial charge in [0.15, 0.2) is 5.65 Å². The van der Waals surface area contributed by atoms with Crippen molar-refractivity contribution in [1.82, 2.24) is 24.4 Å². The normalized spacial score (nSPS) is 17.4. The molecule has 2 aliphatic heterocycles. The van der Waals surface area contributed by atoms with Crippen LogP contribution in [0.4, 0.5) is 17.3 Å². The second kappa shape index (κ2) is 12.9. The summed E-state index contributed by atoms with van der Waals surface area (Å²) in [5.74, 6) is 0.564. The second-order valence-electron chi connectivity index (χ2n) is 12.1.